The van der Waals surface area contributed by atoms with Crippen LogP contribution in [0.5, 0.6) is 0 Å². The van der Waals surface area contributed by atoms with Crippen molar-refractivity contribution >= 4 is 51.8 Å². The number of para-hydroxylation sites is 2. The Morgan fingerprint density at radius 3 is 2.68 bits per heavy atom. The number of nitrogens with zero attached hydrogens (tertiary/aromatic N) is 1. The summed E-state index contributed by atoms with van der Waals surface area (Å²) in [7, 11) is 0. The highest BCUT2D eigenvalue weighted by atomic mass is 32.2. The summed E-state index contributed by atoms with van der Waals surface area (Å²) in [5.41, 5.74) is 8.91. The molecule has 146 valence electrons. The minimum absolute atomic E-state index is 0.161. The van der Waals surface area contributed by atoms with Gasteiger partial charge in [-0.15, -0.1) is 0 Å². The largest absolute Gasteiger partial charge is 0.431 e. The molecule has 3 aromatic rings. The number of hydrogen-bond donors (Lipinski definition) is 3. The second kappa shape index (κ2) is 10.1. The van der Waals surface area contributed by atoms with Gasteiger partial charge in [-0.1, -0.05) is 49.4 Å². The topological polar surface area (TPSA) is 79.2 Å². The Bertz CT molecular complexity index is 908. The maximum atomic E-state index is 12.0. The maximum Gasteiger partial charge on any atom is 0.257 e. The molecule has 0 spiro atoms. The van der Waals surface area contributed by atoms with E-state index in [1.807, 2.05) is 36.4 Å². The number of nitrogens with one attached hydrogen (secondary N) is 3. The third kappa shape index (κ3) is 5.97. The molecule has 0 radical (unpaired) electrons. The number of fused-ring (bicyclic) bond motifs is 1. The number of aryl methyl sites for hydroxylation is 1. The van der Waals surface area contributed by atoms with Gasteiger partial charge in [-0.2, -0.15) is 0 Å². The van der Waals surface area contributed by atoms with Gasteiger partial charge in [0.1, 0.15) is 5.52 Å². The summed E-state index contributed by atoms with van der Waals surface area (Å²) in [6.07, 6.45) is 3.44. The summed E-state index contributed by atoms with van der Waals surface area (Å²) in [5, 5.41) is 3.82. The molecule has 6 nitrogen and oxygen atoms in total. The Hall–Kier alpha value is -2.58. The fourth-order valence-corrected chi connectivity index (χ4v) is 3.31. The number of thioether (sulfide) groups is 1. The van der Waals surface area contributed by atoms with Crippen molar-refractivity contribution in [2.24, 2.45) is 0 Å². The molecule has 0 unspecified atom stereocenters. The summed E-state index contributed by atoms with van der Waals surface area (Å²) in [6.45, 7) is 2.18. The van der Waals surface area contributed by atoms with Gasteiger partial charge in [-0.25, -0.2) is 4.98 Å². The zero-order valence-corrected chi connectivity index (χ0v) is 17.2. The van der Waals surface area contributed by atoms with Crippen LogP contribution in [-0.4, -0.2) is 21.8 Å². The normalized spacial score (nSPS) is 10.6. The lowest BCUT2D eigenvalue weighted by atomic mass is 10.1. The van der Waals surface area contributed by atoms with Crippen LogP contribution in [0.4, 0.5) is 5.69 Å². The number of hydrogen-bond acceptors (Lipinski definition) is 5. The van der Waals surface area contributed by atoms with Gasteiger partial charge in [-0.3, -0.25) is 15.6 Å². The monoisotopic (exact) mass is 414 g/mol. The van der Waals surface area contributed by atoms with Crippen LogP contribution in [0.25, 0.3) is 11.1 Å². The van der Waals surface area contributed by atoms with Gasteiger partial charge in [0.2, 0.25) is 5.91 Å². The van der Waals surface area contributed by atoms with E-state index in [1.54, 1.807) is 0 Å². The molecule has 2 aromatic carbocycles. The van der Waals surface area contributed by atoms with E-state index in [-0.39, 0.29) is 11.7 Å². The van der Waals surface area contributed by atoms with Crippen LogP contribution >= 0.6 is 24.0 Å². The molecular weight excluding hydrogens is 392 g/mol. The fraction of sp³-hybridized carbons (Fsp3) is 0.250. The molecule has 3 rings (SSSR count). The van der Waals surface area contributed by atoms with Crippen LogP contribution in [0.2, 0.25) is 0 Å². The molecule has 0 aliphatic rings. The van der Waals surface area contributed by atoms with Gasteiger partial charge >= 0.3 is 0 Å². The summed E-state index contributed by atoms with van der Waals surface area (Å²) >= 11 is 6.43. The third-order valence-electron chi connectivity index (χ3n) is 3.95. The van der Waals surface area contributed by atoms with Gasteiger partial charge in [0.25, 0.3) is 5.22 Å². The van der Waals surface area contributed by atoms with Crippen LogP contribution < -0.4 is 16.2 Å². The smallest absolute Gasteiger partial charge is 0.257 e. The predicted octanol–water partition coefficient (Wildman–Crippen LogP) is 4.28. The number of oxazole rings is 1. The number of carbonyl (C=O) groups is 1. The van der Waals surface area contributed by atoms with E-state index in [9.17, 15) is 4.79 Å². The Morgan fingerprint density at radius 2 is 1.93 bits per heavy atom. The van der Waals surface area contributed by atoms with E-state index in [0.29, 0.717) is 15.9 Å². The van der Waals surface area contributed by atoms with E-state index in [2.05, 4.69) is 40.2 Å². The molecule has 0 bridgehead atoms. The minimum Gasteiger partial charge on any atom is -0.431 e. The maximum absolute atomic E-state index is 12.0. The minimum atomic E-state index is -0.230. The van der Waals surface area contributed by atoms with E-state index >= 15 is 0 Å². The summed E-state index contributed by atoms with van der Waals surface area (Å²) in [5.74, 6) is -0.0690. The molecule has 1 aromatic heterocycles. The molecule has 0 atom stereocenters. The lowest BCUT2D eigenvalue weighted by molar-refractivity contribution is -0.119. The van der Waals surface area contributed by atoms with Crippen molar-refractivity contribution in [2.45, 2.75) is 31.4 Å². The van der Waals surface area contributed by atoms with Crippen molar-refractivity contribution in [3.8, 4) is 0 Å². The van der Waals surface area contributed by atoms with E-state index in [4.69, 9.17) is 16.6 Å². The lowest BCUT2D eigenvalue weighted by Gasteiger charge is -2.11. The van der Waals surface area contributed by atoms with Gasteiger partial charge < -0.3 is 9.73 Å². The molecule has 0 saturated heterocycles. The van der Waals surface area contributed by atoms with Crippen molar-refractivity contribution < 1.29 is 9.21 Å². The SMILES string of the molecule is CCCCc1ccc(NC(=S)NNC(=O)CSc2nc3ccccc3o2)cc1. The number of hydrazine groups is 1. The number of amides is 1. The quantitative estimate of drug-likeness (QED) is 0.302. The summed E-state index contributed by atoms with van der Waals surface area (Å²) in [6, 6.07) is 15.6. The average molecular weight is 415 g/mol. The Morgan fingerprint density at radius 1 is 1.14 bits per heavy atom. The molecule has 28 heavy (non-hydrogen) atoms. The van der Waals surface area contributed by atoms with Gasteiger partial charge in [0, 0.05) is 5.69 Å². The zero-order valence-electron chi connectivity index (χ0n) is 15.5. The number of benzene rings is 2. The van der Waals surface area contributed by atoms with Crippen molar-refractivity contribution in [3.05, 3.63) is 54.1 Å². The highest BCUT2D eigenvalue weighted by Gasteiger charge is 2.09. The number of rotatable bonds is 7. The fourth-order valence-electron chi connectivity index (χ4n) is 2.50. The second-order valence-electron chi connectivity index (χ2n) is 6.16. The standard InChI is InChI=1S/C20H22N4O2S2/c1-2-3-6-14-9-11-15(12-10-14)21-19(27)24-23-18(25)13-28-20-22-16-7-4-5-8-17(16)26-20/h4-5,7-12H,2-3,6,13H2,1H3,(H,23,25)(H2,21,24,27). The van der Waals surface area contributed by atoms with Crippen LogP contribution in [0.3, 0.4) is 0 Å². The van der Waals surface area contributed by atoms with Crippen LogP contribution in [0.1, 0.15) is 25.3 Å². The molecule has 0 fully saturated rings. The lowest BCUT2D eigenvalue weighted by Crippen LogP contribution is -2.44. The molecule has 0 saturated carbocycles. The summed E-state index contributed by atoms with van der Waals surface area (Å²) in [4.78, 5) is 16.3. The van der Waals surface area contributed by atoms with Crippen LogP contribution in [0, 0.1) is 0 Å². The number of aromatic nitrogens is 1. The van der Waals surface area contributed by atoms with Crippen LogP contribution in [-0.2, 0) is 11.2 Å². The first-order chi connectivity index (χ1) is 13.6. The molecule has 0 aliphatic heterocycles. The first-order valence-corrected chi connectivity index (χ1v) is 10.5. The van der Waals surface area contributed by atoms with Crippen molar-refractivity contribution in [3.63, 3.8) is 0 Å². The first-order valence-electron chi connectivity index (χ1n) is 9.07. The number of thiocarbonyl (C=S) groups is 1. The predicted molar refractivity (Wildman–Crippen MR) is 117 cm³/mol. The van der Waals surface area contributed by atoms with Crippen molar-refractivity contribution in [1.29, 1.82) is 0 Å². The van der Waals surface area contributed by atoms with E-state index < -0.39 is 0 Å². The molecular formula is C20H22N4O2S2. The van der Waals surface area contributed by atoms with Gasteiger partial charge in [0.05, 0.1) is 5.75 Å². The first kappa shape index (κ1) is 20.2. The Kier molecular flexibility index (Phi) is 7.27. The molecule has 3 N–H and O–H groups in total. The molecule has 1 heterocycles. The molecule has 8 heteroatoms. The highest BCUT2D eigenvalue weighted by molar-refractivity contribution is 7.99. The molecule has 0 aliphatic carbocycles. The van der Waals surface area contributed by atoms with E-state index in [0.717, 1.165) is 17.6 Å². The number of carbonyl (C=O) groups excluding carboxylic acids is 1. The number of unbranched alkanes of at least 4 members (excludes halogenated alkanes) is 1. The van der Waals surface area contributed by atoms with Crippen LogP contribution in [0.15, 0.2) is 58.2 Å². The van der Waals surface area contributed by atoms with Gasteiger partial charge in [0.15, 0.2) is 10.7 Å². The Labute approximate surface area is 173 Å². The van der Waals surface area contributed by atoms with Gasteiger partial charge in [-0.05, 0) is 54.9 Å². The molecule has 1 amide bonds. The zero-order chi connectivity index (χ0) is 19.8. The Balaban J connectivity index is 1.39. The average Bonchev–Trinajstić information content (AvgIpc) is 3.13. The van der Waals surface area contributed by atoms with Crippen molar-refractivity contribution in [2.75, 3.05) is 11.1 Å². The second-order valence-corrected chi connectivity index (χ2v) is 7.50. The van der Waals surface area contributed by atoms with Crippen molar-refractivity contribution in [1.82, 2.24) is 15.8 Å². The summed E-state index contributed by atoms with van der Waals surface area (Å²) < 4.78 is 5.57. The highest BCUT2D eigenvalue weighted by Crippen LogP contribution is 2.22. The third-order valence-corrected chi connectivity index (χ3v) is 4.98. The van der Waals surface area contributed by atoms with E-state index in [1.165, 1.54) is 30.2 Å². The number of anilines is 1.